The third-order valence-electron chi connectivity index (χ3n) is 2.13. The SMILES string of the molecule is O=C(CS(=O)(=O)O)c1cccc(C(=O)CS(=O)(=O)O)c1.[Na+]. The van der Waals surface area contributed by atoms with E-state index in [0.29, 0.717) is 0 Å². The molecule has 1 rings (SSSR count). The standard InChI is InChI=1S/C10H10O8S2.Na/c11-9(5-19(13,14)15)7-2-1-3-8(4-7)10(12)6-20(16,17)18;/h1-4H,5-6H2,(H,13,14,15)(H,16,17,18);/q;+1. The van der Waals surface area contributed by atoms with E-state index in [1.54, 1.807) is 0 Å². The van der Waals surface area contributed by atoms with Crippen LogP contribution in [0.25, 0.3) is 0 Å². The average Bonchev–Trinajstić information content (AvgIpc) is 2.24. The summed E-state index contributed by atoms with van der Waals surface area (Å²) in [6.07, 6.45) is 0. The van der Waals surface area contributed by atoms with Crippen LogP contribution in [0.2, 0.25) is 0 Å². The number of hydrogen-bond acceptors (Lipinski definition) is 6. The van der Waals surface area contributed by atoms with Crippen LogP contribution in [-0.4, -0.2) is 49.0 Å². The van der Waals surface area contributed by atoms with E-state index in [1.807, 2.05) is 0 Å². The predicted molar refractivity (Wildman–Crippen MR) is 67.9 cm³/mol. The molecule has 0 saturated heterocycles. The van der Waals surface area contributed by atoms with Crippen molar-refractivity contribution in [1.82, 2.24) is 0 Å². The first-order valence-electron chi connectivity index (χ1n) is 5.05. The summed E-state index contributed by atoms with van der Waals surface area (Å²) in [6, 6.07) is 4.64. The van der Waals surface area contributed by atoms with Gasteiger partial charge in [-0.3, -0.25) is 18.7 Å². The quantitative estimate of drug-likeness (QED) is 0.312. The molecule has 0 unspecified atom stereocenters. The Morgan fingerprint density at radius 1 is 0.857 bits per heavy atom. The molecule has 0 radical (unpaired) electrons. The smallest absolute Gasteiger partial charge is 0.293 e. The maximum atomic E-state index is 11.5. The number of Topliss-reactive ketones (excluding diaryl/α,β-unsaturated/α-hetero) is 2. The molecule has 0 bridgehead atoms. The molecule has 0 aromatic heterocycles. The minimum atomic E-state index is -4.50. The van der Waals surface area contributed by atoms with Gasteiger partial charge in [0.2, 0.25) is 0 Å². The molecule has 0 saturated carbocycles. The Bertz CT molecular complexity index is 690. The normalized spacial score (nSPS) is 11.5. The summed E-state index contributed by atoms with van der Waals surface area (Å²) in [4.78, 5) is 23.0. The molecule has 0 heterocycles. The first-order valence-corrected chi connectivity index (χ1v) is 8.26. The zero-order chi connectivity index (χ0) is 15.6. The van der Waals surface area contributed by atoms with E-state index >= 15 is 0 Å². The molecule has 21 heavy (non-hydrogen) atoms. The Balaban J connectivity index is 0.00000400. The van der Waals surface area contributed by atoms with E-state index in [-0.39, 0.29) is 40.7 Å². The summed E-state index contributed by atoms with van der Waals surface area (Å²) in [5.41, 5.74) is -0.354. The molecule has 0 atom stereocenters. The molecular formula is C10H10NaO8S2+. The van der Waals surface area contributed by atoms with E-state index < -0.39 is 43.3 Å². The topological polar surface area (TPSA) is 143 Å². The molecule has 8 nitrogen and oxygen atoms in total. The Hall–Kier alpha value is -0.620. The fourth-order valence-corrected chi connectivity index (χ4v) is 2.36. The van der Waals surface area contributed by atoms with Crippen molar-refractivity contribution in [2.75, 3.05) is 11.5 Å². The first-order chi connectivity index (χ1) is 8.98. The Morgan fingerprint density at radius 3 is 1.48 bits per heavy atom. The maximum absolute atomic E-state index is 11.5. The van der Waals surface area contributed by atoms with Gasteiger partial charge in [0, 0.05) is 11.1 Å². The van der Waals surface area contributed by atoms with Gasteiger partial charge < -0.3 is 0 Å². The second-order valence-electron chi connectivity index (χ2n) is 3.88. The van der Waals surface area contributed by atoms with E-state index in [1.165, 1.54) is 18.2 Å². The fraction of sp³-hybridized carbons (Fsp3) is 0.200. The third-order valence-corrected chi connectivity index (χ3v) is 3.39. The fourth-order valence-electron chi connectivity index (χ4n) is 1.36. The molecule has 0 spiro atoms. The first kappa shape index (κ1) is 20.4. The van der Waals surface area contributed by atoms with E-state index in [2.05, 4.69) is 0 Å². The van der Waals surface area contributed by atoms with Crippen LogP contribution in [-0.2, 0) is 20.2 Å². The van der Waals surface area contributed by atoms with Gasteiger partial charge in [0.05, 0.1) is 0 Å². The monoisotopic (exact) mass is 345 g/mol. The van der Waals surface area contributed by atoms with E-state index in [4.69, 9.17) is 9.11 Å². The van der Waals surface area contributed by atoms with Crippen molar-refractivity contribution in [2.24, 2.45) is 0 Å². The molecule has 0 aliphatic carbocycles. The molecule has 2 N–H and O–H groups in total. The van der Waals surface area contributed by atoms with Crippen LogP contribution in [0.5, 0.6) is 0 Å². The third kappa shape index (κ3) is 7.81. The summed E-state index contributed by atoms with van der Waals surface area (Å²) in [5, 5.41) is 0. The second-order valence-corrected chi connectivity index (χ2v) is 6.78. The zero-order valence-electron chi connectivity index (χ0n) is 10.9. The molecule has 1 aromatic rings. The largest absolute Gasteiger partial charge is 1.00 e. The van der Waals surface area contributed by atoms with E-state index in [9.17, 15) is 26.4 Å². The zero-order valence-corrected chi connectivity index (χ0v) is 14.5. The van der Waals surface area contributed by atoms with Crippen molar-refractivity contribution in [3.63, 3.8) is 0 Å². The van der Waals surface area contributed by atoms with Crippen molar-refractivity contribution in [3.8, 4) is 0 Å². The van der Waals surface area contributed by atoms with Gasteiger partial charge in [-0.15, -0.1) is 0 Å². The molecule has 0 aliphatic heterocycles. The molecule has 0 aliphatic rings. The molecule has 0 amide bonds. The van der Waals surface area contributed by atoms with Crippen molar-refractivity contribution >= 4 is 31.8 Å². The second kappa shape index (κ2) is 7.58. The number of carbonyl (C=O) groups is 2. The van der Waals surface area contributed by atoms with Gasteiger partial charge in [-0.2, -0.15) is 16.8 Å². The summed E-state index contributed by atoms with van der Waals surface area (Å²) in [6.45, 7) is 0. The maximum Gasteiger partial charge on any atom is 1.00 e. The summed E-state index contributed by atoms with van der Waals surface area (Å²) >= 11 is 0. The van der Waals surface area contributed by atoms with Gasteiger partial charge in [0.25, 0.3) is 20.2 Å². The Morgan fingerprint density at radius 2 is 1.19 bits per heavy atom. The number of hydrogen-bond donors (Lipinski definition) is 2. The van der Waals surface area contributed by atoms with Crippen LogP contribution >= 0.6 is 0 Å². The van der Waals surface area contributed by atoms with Gasteiger partial charge in [0.1, 0.15) is 11.5 Å². The molecule has 11 heteroatoms. The van der Waals surface area contributed by atoms with Crippen LogP contribution in [0.3, 0.4) is 0 Å². The Kier molecular flexibility index (Phi) is 7.36. The van der Waals surface area contributed by atoms with Crippen molar-refractivity contribution < 1.29 is 65.1 Å². The van der Waals surface area contributed by atoms with Gasteiger partial charge in [-0.05, 0) is 6.07 Å². The van der Waals surface area contributed by atoms with Gasteiger partial charge in [0.15, 0.2) is 11.6 Å². The molecule has 110 valence electrons. The van der Waals surface area contributed by atoms with Gasteiger partial charge >= 0.3 is 29.6 Å². The number of carbonyl (C=O) groups excluding carboxylic acids is 2. The van der Waals surface area contributed by atoms with Gasteiger partial charge in [-0.1, -0.05) is 18.2 Å². The minimum Gasteiger partial charge on any atom is -0.293 e. The van der Waals surface area contributed by atoms with Crippen LogP contribution in [0.1, 0.15) is 20.7 Å². The minimum absolute atomic E-state index is 0. The predicted octanol–water partition coefficient (Wildman–Crippen LogP) is -3.17. The number of rotatable bonds is 6. The average molecular weight is 345 g/mol. The molecule has 0 fully saturated rings. The van der Waals surface area contributed by atoms with Crippen LogP contribution in [0.4, 0.5) is 0 Å². The Labute approximate surface area is 143 Å². The number of benzene rings is 1. The molecular weight excluding hydrogens is 335 g/mol. The summed E-state index contributed by atoms with van der Waals surface area (Å²) < 4.78 is 59.4. The van der Waals surface area contributed by atoms with Crippen molar-refractivity contribution in [1.29, 1.82) is 0 Å². The van der Waals surface area contributed by atoms with Crippen molar-refractivity contribution in [2.45, 2.75) is 0 Å². The van der Waals surface area contributed by atoms with Crippen molar-refractivity contribution in [3.05, 3.63) is 35.4 Å². The molecule has 1 aromatic carbocycles. The number of ketones is 2. The van der Waals surface area contributed by atoms with Crippen LogP contribution < -0.4 is 29.6 Å². The summed E-state index contributed by atoms with van der Waals surface area (Å²) in [7, 11) is -9.01. The van der Waals surface area contributed by atoms with E-state index in [0.717, 1.165) is 6.07 Å². The van der Waals surface area contributed by atoms with Gasteiger partial charge in [-0.25, -0.2) is 0 Å². The van der Waals surface area contributed by atoms with Crippen LogP contribution in [0, 0.1) is 0 Å². The van der Waals surface area contributed by atoms with Crippen LogP contribution in [0.15, 0.2) is 24.3 Å². The summed E-state index contributed by atoms with van der Waals surface area (Å²) in [5.74, 6) is -4.20.